The summed E-state index contributed by atoms with van der Waals surface area (Å²) >= 11 is 4.42. The molecule has 0 spiro atoms. The van der Waals surface area contributed by atoms with Gasteiger partial charge >= 0.3 is 0 Å². The van der Waals surface area contributed by atoms with E-state index in [0.29, 0.717) is 17.4 Å². The normalized spacial score (nSPS) is 10.4. The van der Waals surface area contributed by atoms with Crippen LogP contribution in [-0.2, 0) is 11.3 Å². The van der Waals surface area contributed by atoms with Crippen LogP contribution in [0, 0.1) is 0 Å². The Hall–Kier alpha value is -2.10. The number of ether oxygens (including phenoxy) is 1. The van der Waals surface area contributed by atoms with Crippen molar-refractivity contribution in [3.05, 3.63) is 46.7 Å². The van der Waals surface area contributed by atoms with Gasteiger partial charge in [-0.05, 0) is 35.7 Å². The number of hydrogen-bond donors (Lipinski definition) is 2. The predicted octanol–water partition coefficient (Wildman–Crippen LogP) is 3.76. The zero-order chi connectivity index (χ0) is 17.5. The molecular formula is C16H16N4O2S3. The maximum absolute atomic E-state index is 11.9. The number of carbonyl (C=O) groups is 1. The summed E-state index contributed by atoms with van der Waals surface area (Å²) in [6.45, 7) is 0.567. The lowest BCUT2D eigenvalue weighted by atomic mass is 10.3. The van der Waals surface area contributed by atoms with E-state index in [1.165, 1.54) is 23.1 Å². The Labute approximate surface area is 157 Å². The number of anilines is 2. The van der Waals surface area contributed by atoms with Gasteiger partial charge in [0.05, 0.1) is 19.4 Å². The monoisotopic (exact) mass is 392 g/mol. The number of rotatable bonds is 8. The Kier molecular flexibility index (Phi) is 6.26. The topological polar surface area (TPSA) is 76.1 Å². The van der Waals surface area contributed by atoms with Gasteiger partial charge in [0, 0.05) is 10.6 Å². The molecule has 130 valence electrons. The highest BCUT2D eigenvalue weighted by Gasteiger charge is 2.08. The molecular weight excluding hydrogens is 376 g/mol. The fourth-order valence-corrected chi connectivity index (χ4v) is 4.14. The maximum Gasteiger partial charge on any atom is 0.230 e. The number of nitrogens with zero attached hydrogens (tertiary/aromatic N) is 2. The maximum atomic E-state index is 11.9. The number of hydrogen-bond acceptors (Lipinski definition) is 8. The van der Waals surface area contributed by atoms with Gasteiger partial charge in [-0.25, -0.2) is 0 Å². The van der Waals surface area contributed by atoms with Gasteiger partial charge in [-0.2, -0.15) is 0 Å². The summed E-state index contributed by atoms with van der Waals surface area (Å²) in [5, 5.41) is 16.9. The molecule has 0 aliphatic carbocycles. The van der Waals surface area contributed by atoms with Crippen LogP contribution in [0.3, 0.4) is 0 Å². The van der Waals surface area contributed by atoms with Crippen LogP contribution >= 0.6 is 34.4 Å². The first kappa shape index (κ1) is 17.7. The van der Waals surface area contributed by atoms with Crippen LogP contribution in [0.4, 0.5) is 10.8 Å². The molecule has 0 aliphatic rings. The molecule has 25 heavy (non-hydrogen) atoms. The minimum Gasteiger partial charge on any atom is -0.497 e. The molecule has 0 fully saturated rings. The van der Waals surface area contributed by atoms with Crippen LogP contribution in [0.15, 0.2) is 46.1 Å². The summed E-state index contributed by atoms with van der Waals surface area (Å²) in [4.78, 5) is 13.0. The zero-order valence-electron chi connectivity index (χ0n) is 13.4. The standard InChI is InChI=1S/C16H16N4O2S3/c1-22-12-6-4-11(5-7-12)18-15-19-20-16(25-15)24-10-14(21)17-9-13-3-2-8-23-13/h2-8H,9-10H2,1H3,(H,17,21)(H,18,19). The van der Waals surface area contributed by atoms with Gasteiger partial charge in [0.15, 0.2) is 4.34 Å². The summed E-state index contributed by atoms with van der Waals surface area (Å²) in [7, 11) is 1.63. The molecule has 9 heteroatoms. The third-order valence-electron chi connectivity index (χ3n) is 3.11. The quantitative estimate of drug-likeness (QED) is 0.569. The molecule has 2 N–H and O–H groups in total. The second kappa shape index (κ2) is 8.84. The number of nitrogens with one attached hydrogen (secondary N) is 2. The van der Waals surface area contributed by atoms with Gasteiger partial charge in [-0.15, -0.1) is 21.5 Å². The van der Waals surface area contributed by atoms with Crippen molar-refractivity contribution in [1.82, 2.24) is 15.5 Å². The molecule has 2 aromatic heterocycles. The molecule has 0 bridgehead atoms. The summed E-state index contributed by atoms with van der Waals surface area (Å²) in [5.74, 6) is 1.11. The highest BCUT2D eigenvalue weighted by atomic mass is 32.2. The van der Waals surface area contributed by atoms with Crippen LogP contribution in [0.1, 0.15) is 4.88 Å². The predicted molar refractivity (Wildman–Crippen MR) is 103 cm³/mol. The van der Waals surface area contributed by atoms with E-state index in [9.17, 15) is 4.79 Å². The number of thioether (sulfide) groups is 1. The Morgan fingerprint density at radius 2 is 2.08 bits per heavy atom. The Bertz CT molecular complexity index is 803. The average molecular weight is 393 g/mol. The number of thiophene rings is 1. The third-order valence-corrected chi connectivity index (χ3v) is 5.96. The average Bonchev–Trinajstić information content (AvgIpc) is 3.31. The Morgan fingerprint density at radius 3 is 2.80 bits per heavy atom. The molecule has 0 unspecified atom stereocenters. The lowest BCUT2D eigenvalue weighted by Gasteiger charge is -2.03. The molecule has 0 radical (unpaired) electrons. The van der Waals surface area contributed by atoms with E-state index < -0.39 is 0 Å². The van der Waals surface area contributed by atoms with E-state index in [1.807, 2.05) is 41.8 Å². The molecule has 3 aromatic rings. The molecule has 2 heterocycles. The highest BCUT2D eigenvalue weighted by Crippen LogP contribution is 2.28. The highest BCUT2D eigenvalue weighted by molar-refractivity contribution is 8.01. The van der Waals surface area contributed by atoms with Crippen LogP contribution in [0.25, 0.3) is 0 Å². The van der Waals surface area contributed by atoms with E-state index in [4.69, 9.17) is 4.74 Å². The Morgan fingerprint density at radius 1 is 1.24 bits per heavy atom. The van der Waals surface area contributed by atoms with Crippen molar-refractivity contribution in [2.45, 2.75) is 10.9 Å². The second-order valence-electron chi connectivity index (χ2n) is 4.87. The van der Waals surface area contributed by atoms with E-state index in [-0.39, 0.29) is 5.91 Å². The summed E-state index contributed by atoms with van der Waals surface area (Å²) in [6, 6.07) is 11.5. The van der Waals surface area contributed by atoms with Crippen molar-refractivity contribution < 1.29 is 9.53 Å². The number of amides is 1. The third kappa shape index (κ3) is 5.45. The molecule has 0 saturated carbocycles. The summed E-state index contributed by atoms with van der Waals surface area (Å²) < 4.78 is 5.88. The Balaban J connectivity index is 1.45. The van der Waals surface area contributed by atoms with E-state index in [1.54, 1.807) is 18.4 Å². The van der Waals surface area contributed by atoms with Crippen molar-refractivity contribution in [2.75, 3.05) is 18.2 Å². The second-order valence-corrected chi connectivity index (χ2v) is 8.10. The first-order valence-electron chi connectivity index (χ1n) is 7.39. The number of carbonyl (C=O) groups excluding carboxylic acids is 1. The fraction of sp³-hybridized carbons (Fsp3) is 0.188. The van der Waals surface area contributed by atoms with Gasteiger partial charge in [-0.3, -0.25) is 4.79 Å². The van der Waals surface area contributed by atoms with Crippen LogP contribution in [-0.4, -0.2) is 29.0 Å². The SMILES string of the molecule is COc1ccc(Nc2nnc(SCC(=O)NCc3cccs3)s2)cc1. The molecule has 1 amide bonds. The smallest absolute Gasteiger partial charge is 0.230 e. The lowest BCUT2D eigenvalue weighted by molar-refractivity contribution is -0.118. The summed E-state index contributed by atoms with van der Waals surface area (Å²) in [5.41, 5.74) is 0.905. The minimum atomic E-state index is -0.0155. The molecule has 0 saturated heterocycles. The largest absolute Gasteiger partial charge is 0.497 e. The first-order chi connectivity index (χ1) is 12.2. The van der Waals surface area contributed by atoms with Crippen LogP contribution < -0.4 is 15.4 Å². The van der Waals surface area contributed by atoms with E-state index in [2.05, 4.69) is 20.8 Å². The van der Waals surface area contributed by atoms with Gasteiger partial charge in [0.2, 0.25) is 11.0 Å². The van der Waals surface area contributed by atoms with Crippen molar-refractivity contribution in [3.8, 4) is 5.75 Å². The van der Waals surface area contributed by atoms with Crippen LogP contribution in [0.2, 0.25) is 0 Å². The van der Waals surface area contributed by atoms with Crippen molar-refractivity contribution in [3.63, 3.8) is 0 Å². The molecule has 1 aromatic carbocycles. The fourth-order valence-electron chi connectivity index (χ4n) is 1.89. The van der Waals surface area contributed by atoms with Gasteiger partial charge < -0.3 is 15.4 Å². The molecule has 0 aliphatic heterocycles. The van der Waals surface area contributed by atoms with Gasteiger partial charge in [0.25, 0.3) is 0 Å². The molecule has 3 rings (SSSR count). The van der Waals surface area contributed by atoms with Gasteiger partial charge in [0.1, 0.15) is 5.75 Å². The van der Waals surface area contributed by atoms with E-state index >= 15 is 0 Å². The number of methoxy groups -OCH3 is 1. The van der Waals surface area contributed by atoms with Crippen molar-refractivity contribution in [2.24, 2.45) is 0 Å². The summed E-state index contributed by atoms with van der Waals surface area (Å²) in [6.07, 6.45) is 0. The number of benzene rings is 1. The van der Waals surface area contributed by atoms with Gasteiger partial charge in [-0.1, -0.05) is 29.2 Å². The zero-order valence-corrected chi connectivity index (χ0v) is 15.8. The first-order valence-corrected chi connectivity index (χ1v) is 10.1. The van der Waals surface area contributed by atoms with Crippen molar-refractivity contribution >= 4 is 51.2 Å². The van der Waals surface area contributed by atoms with Crippen LogP contribution in [0.5, 0.6) is 5.75 Å². The number of aromatic nitrogens is 2. The lowest BCUT2D eigenvalue weighted by Crippen LogP contribution is -2.24. The van der Waals surface area contributed by atoms with E-state index in [0.717, 1.165) is 20.7 Å². The molecule has 6 nitrogen and oxygen atoms in total. The van der Waals surface area contributed by atoms with Crippen molar-refractivity contribution in [1.29, 1.82) is 0 Å². The molecule has 0 atom stereocenters. The minimum absolute atomic E-state index is 0.0155.